The molecule has 0 saturated heterocycles. The van der Waals surface area contributed by atoms with Crippen LogP contribution in [0.5, 0.6) is 0 Å². The van der Waals surface area contributed by atoms with Gasteiger partial charge in [-0.05, 0) is 30.5 Å². The average molecular weight is 391 g/mol. The number of nitrogens with one attached hydrogen (secondary N) is 1. The fourth-order valence-electron chi connectivity index (χ4n) is 2.88. The van der Waals surface area contributed by atoms with Crippen molar-refractivity contribution in [1.82, 2.24) is 15.1 Å². The van der Waals surface area contributed by atoms with Crippen molar-refractivity contribution < 1.29 is 9.53 Å². The fourth-order valence-corrected chi connectivity index (χ4v) is 2.88. The first kappa shape index (κ1) is 20.5. The summed E-state index contributed by atoms with van der Waals surface area (Å²) in [4.78, 5) is 24.4. The summed E-state index contributed by atoms with van der Waals surface area (Å²) < 4.78 is 7.10. The number of aromatic nitrogens is 2. The lowest BCUT2D eigenvalue weighted by molar-refractivity contribution is 0.0634. The van der Waals surface area contributed by atoms with Crippen molar-refractivity contribution in [2.45, 2.75) is 26.0 Å². The highest BCUT2D eigenvalue weighted by atomic mass is 16.5. The molecule has 0 aliphatic carbocycles. The molecular formula is C23H25N3O3. The highest BCUT2D eigenvalue weighted by molar-refractivity contribution is 5.91. The lowest BCUT2D eigenvalue weighted by Crippen LogP contribution is -2.30. The Balaban J connectivity index is 1.47. The number of rotatable bonds is 9. The van der Waals surface area contributed by atoms with Gasteiger partial charge in [-0.2, -0.15) is 5.10 Å². The maximum atomic E-state index is 12.3. The molecule has 1 aromatic heterocycles. The van der Waals surface area contributed by atoms with Crippen molar-refractivity contribution in [3.8, 4) is 0 Å². The van der Waals surface area contributed by atoms with E-state index in [4.69, 9.17) is 4.74 Å². The molecule has 0 saturated carbocycles. The lowest BCUT2D eigenvalue weighted by atomic mass is 10.1. The van der Waals surface area contributed by atoms with E-state index in [1.54, 1.807) is 0 Å². The Hall–Kier alpha value is -3.25. The topological polar surface area (TPSA) is 73.2 Å². The van der Waals surface area contributed by atoms with Gasteiger partial charge < -0.3 is 10.1 Å². The molecule has 0 bridgehead atoms. The summed E-state index contributed by atoms with van der Waals surface area (Å²) in [6.45, 7) is 3.34. The van der Waals surface area contributed by atoms with Crippen LogP contribution in [0.25, 0.3) is 0 Å². The third kappa shape index (κ3) is 6.12. The van der Waals surface area contributed by atoms with E-state index in [-0.39, 0.29) is 23.3 Å². The van der Waals surface area contributed by atoms with E-state index in [9.17, 15) is 9.59 Å². The summed E-state index contributed by atoms with van der Waals surface area (Å²) in [6.07, 6.45) is 0.696. The van der Waals surface area contributed by atoms with Gasteiger partial charge in [0.1, 0.15) is 5.69 Å². The van der Waals surface area contributed by atoms with E-state index < -0.39 is 0 Å². The van der Waals surface area contributed by atoms with Crippen molar-refractivity contribution in [2.24, 2.45) is 0 Å². The van der Waals surface area contributed by atoms with Crippen molar-refractivity contribution >= 4 is 5.91 Å². The summed E-state index contributed by atoms with van der Waals surface area (Å²) in [5.41, 5.74) is 2.05. The van der Waals surface area contributed by atoms with Crippen molar-refractivity contribution in [1.29, 1.82) is 0 Å². The van der Waals surface area contributed by atoms with Gasteiger partial charge >= 0.3 is 0 Å². The normalized spacial score (nSPS) is 11.8. The summed E-state index contributed by atoms with van der Waals surface area (Å²) in [5.74, 6) is -0.303. The quantitative estimate of drug-likeness (QED) is 0.569. The summed E-state index contributed by atoms with van der Waals surface area (Å²) >= 11 is 0. The van der Waals surface area contributed by atoms with E-state index in [0.29, 0.717) is 26.1 Å². The van der Waals surface area contributed by atoms with E-state index in [1.807, 2.05) is 67.6 Å². The number of amides is 1. The molecule has 0 spiro atoms. The Bertz CT molecular complexity index is 971. The zero-order valence-corrected chi connectivity index (χ0v) is 16.5. The van der Waals surface area contributed by atoms with Crippen LogP contribution < -0.4 is 10.9 Å². The van der Waals surface area contributed by atoms with Gasteiger partial charge in [-0.25, -0.2) is 4.68 Å². The number of nitrogens with zero attached hydrogens (tertiary/aromatic N) is 2. The maximum absolute atomic E-state index is 12.3. The first-order valence-corrected chi connectivity index (χ1v) is 9.70. The van der Waals surface area contributed by atoms with Gasteiger partial charge in [0.05, 0.1) is 12.6 Å². The average Bonchev–Trinajstić information content (AvgIpc) is 2.76. The minimum atomic E-state index is -0.303. The summed E-state index contributed by atoms with van der Waals surface area (Å²) in [5, 5.41) is 7.02. The number of carbonyl (C=O) groups is 1. The fraction of sp³-hybridized carbons (Fsp3) is 0.261. The molecule has 0 aliphatic rings. The number of benzene rings is 2. The molecule has 3 rings (SSSR count). The van der Waals surface area contributed by atoms with E-state index >= 15 is 0 Å². The van der Waals surface area contributed by atoms with Gasteiger partial charge in [0, 0.05) is 19.2 Å². The maximum Gasteiger partial charge on any atom is 0.271 e. The molecule has 3 aromatic rings. The highest BCUT2D eigenvalue weighted by Crippen LogP contribution is 2.15. The molecule has 29 heavy (non-hydrogen) atoms. The van der Waals surface area contributed by atoms with Crippen LogP contribution in [0.4, 0.5) is 0 Å². The van der Waals surface area contributed by atoms with E-state index in [0.717, 1.165) is 11.1 Å². The van der Waals surface area contributed by atoms with Gasteiger partial charge in [-0.15, -0.1) is 0 Å². The van der Waals surface area contributed by atoms with Gasteiger partial charge in [-0.3, -0.25) is 9.59 Å². The second-order valence-corrected chi connectivity index (χ2v) is 6.73. The van der Waals surface area contributed by atoms with Gasteiger partial charge in [-0.1, -0.05) is 60.7 Å². The van der Waals surface area contributed by atoms with Crippen LogP contribution >= 0.6 is 0 Å². The minimum Gasteiger partial charge on any atom is -0.374 e. The van der Waals surface area contributed by atoms with Gasteiger partial charge in [0.15, 0.2) is 0 Å². The van der Waals surface area contributed by atoms with Gasteiger partial charge in [0.2, 0.25) is 0 Å². The third-order valence-electron chi connectivity index (χ3n) is 4.52. The number of hydrogen-bond acceptors (Lipinski definition) is 4. The molecule has 1 N–H and O–H groups in total. The Morgan fingerprint density at radius 1 is 1.03 bits per heavy atom. The summed E-state index contributed by atoms with van der Waals surface area (Å²) in [6, 6.07) is 22.4. The first-order valence-electron chi connectivity index (χ1n) is 9.70. The largest absolute Gasteiger partial charge is 0.374 e. The first-order chi connectivity index (χ1) is 14.1. The van der Waals surface area contributed by atoms with E-state index in [2.05, 4.69) is 10.4 Å². The predicted molar refractivity (Wildman–Crippen MR) is 112 cm³/mol. The number of ether oxygens (including phenoxy) is 1. The Labute approximate surface area is 170 Å². The molecule has 1 amide bonds. The Morgan fingerprint density at radius 3 is 2.45 bits per heavy atom. The zero-order valence-electron chi connectivity index (χ0n) is 16.5. The molecule has 1 atom stereocenters. The summed E-state index contributed by atoms with van der Waals surface area (Å²) in [7, 11) is 0. The van der Waals surface area contributed by atoms with E-state index in [1.165, 1.54) is 16.8 Å². The number of hydrogen-bond donors (Lipinski definition) is 1. The van der Waals surface area contributed by atoms with Crippen LogP contribution in [0.1, 0.15) is 41.1 Å². The number of carbonyl (C=O) groups excluding carboxylic acids is 1. The van der Waals surface area contributed by atoms with Gasteiger partial charge in [0.25, 0.3) is 11.5 Å². The van der Waals surface area contributed by atoms with Crippen LogP contribution in [-0.4, -0.2) is 28.8 Å². The second kappa shape index (κ2) is 10.3. The lowest BCUT2D eigenvalue weighted by Gasteiger charge is -2.13. The molecule has 0 fully saturated rings. The smallest absolute Gasteiger partial charge is 0.271 e. The Kier molecular flexibility index (Phi) is 7.30. The van der Waals surface area contributed by atoms with Crippen LogP contribution in [0, 0.1) is 0 Å². The second-order valence-electron chi connectivity index (χ2n) is 6.73. The molecule has 6 heteroatoms. The van der Waals surface area contributed by atoms with Crippen molar-refractivity contribution in [2.75, 3.05) is 13.2 Å². The predicted octanol–water partition coefficient (Wildman–Crippen LogP) is 3.19. The molecule has 0 radical (unpaired) electrons. The van der Waals surface area contributed by atoms with Crippen LogP contribution in [0.3, 0.4) is 0 Å². The molecular weight excluding hydrogens is 366 g/mol. The molecule has 1 unspecified atom stereocenters. The molecule has 0 aliphatic heterocycles. The molecule has 2 aromatic carbocycles. The molecule has 6 nitrogen and oxygen atoms in total. The minimum absolute atomic E-state index is 0.00936. The van der Waals surface area contributed by atoms with Crippen LogP contribution in [0.15, 0.2) is 77.6 Å². The standard InChI is InChI=1S/C23H25N3O3/c1-18(20-11-6-3-7-12-20)29-16-8-15-24-23(28)21-13-14-22(27)26(25-21)17-19-9-4-2-5-10-19/h2-7,9-14,18H,8,15-17H2,1H3,(H,24,28). The van der Waals surface area contributed by atoms with Crippen LogP contribution in [0.2, 0.25) is 0 Å². The zero-order chi connectivity index (χ0) is 20.5. The van der Waals surface area contributed by atoms with Crippen molar-refractivity contribution in [3.05, 3.63) is 100.0 Å². The molecule has 1 heterocycles. The van der Waals surface area contributed by atoms with Crippen LogP contribution in [-0.2, 0) is 11.3 Å². The highest BCUT2D eigenvalue weighted by Gasteiger charge is 2.10. The van der Waals surface area contributed by atoms with Crippen molar-refractivity contribution in [3.63, 3.8) is 0 Å². The third-order valence-corrected chi connectivity index (χ3v) is 4.52. The monoisotopic (exact) mass is 391 g/mol. The SMILES string of the molecule is CC(OCCCNC(=O)c1ccc(=O)n(Cc2ccccc2)n1)c1ccccc1. The molecule has 150 valence electrons. The Morgan fingerprint density at radius 2 is 1.72 bits per heavy atom.